The van der Waals surface area contributed by atoms with Crippen LogP contribution >= 0.6 is 0 Å². The summed E-state index contributed by atoms with van der Waals surface area (Å²) >= 11 is 0. The van der Waals surface area contributed by atoms with E-state index >= 15 is 0 Å². The van der Waals surface area contributed by atoms with Gasteiger partial charge in [-0.2, -0.15) is 4.98 Å². The van der Waals surface area contributed by atoms with Crippen LogP contribution in [0.25, 0.3) is 0 Å². The number of hydrogen-bond acceptors (Lipinski definition) is 4. The predicted octanol–water partition coefficient (Wildman–Crippen LogP) is 2.83. The molecule has 0 radical (unpaired) electrons. The average Bonchev–Trinajstić information content (AvgIpc) is 2.88. The Hall–Kier alpha value is -1.68. The molecule has 1 aromatic carbocycles. The van der Waals surface area contributed by atoms with Gasteiger partial charge in [0.2, 0.25) is 5.89 Å². The van der Waals surface area contributed by atoms with Crippen molar-refractivity contribution in [1.82, 2.24) is 10.1 Å². The molecule has 0 aliphatic rings. The van der Waals surface area contributed by atoms with Crippen molar-refractivity contribution < 1.29 is 4.52 Å². The fraction of sp³-hybridized carbons (Fsp3) is 0.429. The van der Waals surface area contributed by atoms with Crippen LogP contribution in [0.5, 0.6) is 0 Å². The van der Waals surface area contributed by atoms with Crippen LogP contribution in [-0.2, 0) is 6.42 Å². The normalized spacial score (nSPS) is 14.4. The Morgan fingerprint density at radius 1 is 1.28 bits per heavy atom. The summed E-state index contributed by atoms with van der Waals surface area (Å²) < 4.78 is 5.24. The Bertz CT molecular complexity index is 481. The molecule has 0 spiro atoms. The highest BCUT2D eigenvalue weighted by Gasteiger charge is 2.17. The summed E-state index contributed by atoms with van der Waals surface area (Å²) in [4.78, 5) is 4.37. The van der Waals surface area contributed by atoms with Crippen molar-refractivity contribution in [3.8, 4) is 0 Å². The monoisotopic (exact) mass is 245 g/mol. The molecule has 2 aromatic rings. The zero-order valence-corrected chi connectivity index (χ0v) is 10.8. The first-order valence-electron chi connectivity index (χ1n) is 6.33. The summed E-state index contributed by atoms with van der Waals surface area (Å²) in [5, 5.41) is 3.98. The summed E-state index contributed by atoms with van der Waals surface area (Å²) in [6.07, 6.45) is 1.70. The highest BCUT2D eigenvalue weighted by atomic mass is 16.5. The third-order valence-electron chi connectivity index (χ3n) is 3.13. The van der Waals surface area contributed by atoms with E-state index < -0.39 is 0 Å². The lowest BCUT2D eigenvalue weighted by molar-refractivity contribution is 0.348. The highest BCUT2D eigenvalue weighted by molar-refractivity contribution is 5.16. The molecule has 18 heavy (non-hydrogen) atoms. The van der Waals surface area contributed by atoms with Gasteiger partial charge in [-0.3, -0.25) is 0 Å². The predicted molar refractivity (Wildman–Crippen MR) is 70.1 cm³/mol. The van der Waals surface area contributed by atoms with Crippen molar-refractivity contribution in [2.24, 2.45) is 5.73 Å². The summed E-state index contributed by atoms with van der Waals surface area (Å²) in [5.74, 6) is 1.58. The average molecular weight is 245 g/mol. The van der Waals surface area contributed by atoms with E-state index in [2.05, 4.69) is 24.0 Å². The van der Waals surface area contributed by atoms with Gasteiger partial charge in [0.25, 0.3) is 0 Å². The summed E-state index contributed by atoms with van der Waals surface area (Å²) in [5.41, 5.74) is 7.26. The van der Waals surface area contributed by atoms with Crippen LogP contribution in [0.3, 0.4) is 0 Å². The Labute approximate surface area is 107 Å². The second-order valence-corrected chi connectivity index (χ2v) is 4.60. The molecule has 0 bridgehead atoms. The van der Waals surface area contributed by atoms with E-state index in [1.165, 1.54) is 5.56 Å². The molecule has 2 N–H and O–H groups in total. The number of rotatable bonds is 5. The van der Waals surface area contributed by atoms with Crippen LogP contribution < -0.4 is 5.73 Å². The first-order valence-corrected chi connectivity index (χ1v) is 6.33. The van der Waals surface area contributed by atoms with Crippen molar-refractivity contribution in [1.29, 1.82) is 0 Å². The van der Waals surface area contributed by atoms with Gasteiger partial charge in [-0.05, 0) is 18.4 Å². The molecule has 0 aliphatic heterocycles. The fourth-order valence-corrected chi connectivity index (χ4v) is 1.74. The summed E-state index contributed by atoms with van der Waals surface area (Å²) in [6.45, 7) is 4.18. The minimum Gasteiger partial charge on any atom is -0.338 e. The second-order valence-electron chi connectivity index (χ2n) is 4.60. The van der Waals surface area contributed by atoms with Crippen LogP contribution in [0.2, 0.25) is 0 Å². The van der Waals surface area contributed by atoms with Gasteiger partial charge in [-0.15, -0.1) is 0 Å². The molecule has 4 nitrogen and oxygen atoms in total. The molecule has 0 amide bonds. The standard InChI is InChI=1S/C14H19N3O/c1-3-10(2)13-16-14(18-17-13)12(15)9-11-7-5-4-6-8-11/h4-8,10,12H,3,9,15H2,1-2H3/t10?,12-/m0/s1. The molecule has 1 aromatic heterocycles. The lowest BCUT2D eigenvalue weighted by Gasteiger charge is -2.06. The smallest absolute Gasteiger partial charge is 0.243 e. The minimum atomic E-state index is -0.238. The van der Waals surface area contributed by atoms with Crippen LogP contribution in [0.15, 0.2) is 34.9 Å². The zero-order chi connectivity index (χ0) is 13.0. The SMILES string of the molecule is CCC(C)c1noc([C@@H](N)Cc2ccccc2)n1. The number of benzene rings is 1. The maximum atomic E-state index is 6.09. The van der Waals surface area contributed by atoms with Gasteiger partial charge in [-0.1, -0.05) is 49.3 Å². The Kier molecular flexibility index (Phi) is 4.10. The highest BCUT2D eigenvalue weighted by Crippen LogP contribution is 2.19. The molecule has 4 heteroatoms. The van der Waals surface area contributed by atoms with E-state index in [1.54, 1.807) is 0 Å². The van der Waals surface area contributed by atoms with E-state index in [9.17, 15) is 0 Å². The number of nitrogens with zero attached hydrogens (tertiary/aromatic N) is 2. The maximum absolute atomic E-state index is 6.09. The first kappa shape index (κ1) is 12.8. The van der Waals surface area contributed by atoms with Crippen LogP contribution in [0.4, 0.5) is 0 Å². The molecule has 0 fully saturated rings. The largest absolute Gasteiger partial charge is 0.338 e. The van der Waals surface area contributed by atoms with Gasteiger partial charge in [0, 0.05) is 5.92 Å². The van der Waals surface area contributed by atoms with E-state index in [0.717, 1.165) is 12.2 Å². The van der Waals surface area contributed by atoms with Crippen molar-refractivity contribution >= 4 is 0 Å². The molecule has 0 saturated carbocycles. The van der Waals surface area contributed by atoms with Gasteiger partial charge < -0.3 is 10.3 Å². The van der Waals surface area contributed by atoms with Crippen molar-refractivity contribution in [3.63, 3.8) is 0 Å². The molecule has 2 atom stereocenters. The Morgan fingerprint density at radius 3 is 2.67 bits per heavy atom. The third kappa shape index (κ3) is 2.96. The summed E-state index contributed by atoms with van der Waals surface area (Å²) in [6, 6.07) is 9.85. The van der Waals surface area contributed by atoms with Crippen molar-refractivity contribution in [2.75, 3.05) is 0 Å². The lowest BCUT2D eigenvalue weighted by atomic mass is 10.1. The van der Waals surface area contributed by atoms with Crippen molar-refractivity contribution in [3.05, 3.63) is 47.6 Å². The van der Waals surface area contributed by atoms with Gasteiger partial charge in [-0.25, -0.2) is 0 Å². The number of hydrogen-bond donors (Lipinski definition) is 1. The number of nitrogens with two attached hydrogens (primary N) is 1. The minimum absolute atomic E-state index is 0.238. The second kappa shape index (κ2) is 5.78. The molecular weight excluding hydrogens is 226 g/mol. The lowest BCUT2D eigenvalue weighted by Crippen LogP contribution is -2.14. The van der Waals surface area contributed by atoms with E-state index in [0.29, 0.717) is 18.2 Å². The van der Waals surface area contributed by atoms with E-state index in [-0.39, 0.29) is 6.04 Å². The Balaban J connectivity index is 2.05. The van der Waals surface area contributed by atoms with Gasteiger partial charge in [0.1, 0.15) is 0 Å². The van der Waals surface area contributed by atoms with E-state index in [4.69, 9.17) is 10.3 Å². The third-order valence-corrected chi connectivity index (χ3v) is 3.13. The zero-order valence-electron chi connectivity index (χ0n) is 10.8. The Morgan fingerprint density at radius 2 is 2.00 bits per heavy atom. The topological polar surface area (TPSA) is 64.9 Å². The number of aromatic nitrogens is 2. The molecule has 1 heterocycles. The molecule has 0 aliphatic carbocycles. The first-order chi connectivity index (χ1) is 8.70. The van der Waals surface area contributed by atoms with Gasteiger partial charge in [0.05, 0.1) is 6.04 Å². The van der Waals surface area contributed by atoms with Crippen LogP contribution in [0, 0.1) is 0 Å². The molecule has 1 unspecified atom stereocenters. The molecular formula is C14H19N3O. The van der Waals surface area contributed by atoms with Crippen LogP contribution in [0.1, 0.15) is 49.5 Å². The fourth-order valence-electron chi connectivity index (χ4n) is 1.74. The summed E-state index contributed by atoms with van der Waals surface area (Å²) in [7, 11) is 0. The quantitative estimate of drug-likeness (QED) is 0.879. The van der Waals surface area contributed by atoms with Crippen LogP contribution in [-0.4, -0.2) is 10.1 Å². The van der Waals surface area contributed by atoms with Gasteiger partial charge in [0.15, 0.2) is 5.82 Å². The maximum Gasteiger partial charge on any atom is 0.243 e. The molecule has 0 saturated heterocycles. The van der Waals surface area contributed by atoms with Crippen molar-refractivity contribution in [2.45, 2.75) is 38.6 Å². The van der Waals surface area contributed by atoms with E-state index in [1.807, 2.05) is 30.3 Å². The molecule has 2 rings (SSSR count). The molecule has 96 valence electrons. The van der Waals surface area contributed by atoms with Gasteiger partial charge >= 0.3 is 0 Å².